The van der Waals surface area contributed by atoms with Crippen LogP contribution in [0.25, 0.3) is 11.1 Å². The van der Waals surface area contributed by atoms with E-state index >= 15 is 0 Å². The summed E-state index contributed by atoms with van der Waals surface area (Å²) < 4.78 is 29.2. The van der Waals surface area contributed by atoms with Crippen molar-refractivity contribution in [2.75, 3.05) is 6.61 Å². The molecule has 0 spiro atoms. The third kappa shape index (κ3) is 5.40. The van der Waals surface area contributed by atoms with Crippen LogP contribution in [-0.2, 0) is 19.1 Å². The first kappa shape index (κ1) is 19.6. The molecule has 2 rings (SSSR count). The van der Waals surface area contributed by atoms with Crippen molar-refractivity contribution < 1.29 is 27.3 Å². The molecular formula is C18H19NO6S. The van der Waals surface area contributed by atoms with E-state index in [-0.39, 0.29) is 23.5 Å². The summed E-state index contributed by atoms with van der Waals surface area (Å²) >= 11 is 0. The minimum Gasteiger partial charge on any atom is -0.478 e. The molecule has 0 saturated heterocycles. The average molecular weight is 377 g/mol. The number of hydrogen-bond acceptors (Lipinski definition) is 5. The SMILES string of the molecule is NC(=O)CCCCOS(=O)(=O)c1ccc(-c2ccc(C(=O)O)cc2)cc1. The Bertz CT molecular complexity index is 873. The molecule has 1 amide bonds. The minimum atomic E-state index is -3.87. The second kappa shape index (κ2) is 8.59. The number of benzene rings is 2. The predicted octanol–water partition coefficient (Wildman–Crippen LogP) is 2.41. The van der Waals surface area contributed by atoms with Crippen LogP contribution in [0.15, 0.2) is 53.4 Å². The second-order valence-corrected chi connectivity index (χ2v) is 7.22. The van der Waals surface area contributed by atoms with Crippen molar-refractivity contribution in [3.05, 3.63) is 54.1 Å². The molecule has 2 aromatic carbocycles. The van der Waals surface area contributed by atoms with E-state index < -0.39 is 22.0 Å². The first-order valence-corrected chi connectivity index (χ1v) is 9.32. The Morgan fingerprint density at radius 1 is 0.923 bits per heavy atom. The fourth-order valence-corrected chi connectivity index (χ4v) is 3.20. The van der Waals surface area contributed by atoms with Crippen molar-refractivity contribution in [1.29, 1.82) is 0 Å². The molecule has 26 heavy (non-hydrogen) atoms. The Morgan fingerprint density at radius 2 is 1.46 bits per heavy atom. The number of unbranched alkanes of at least 4 members (excludes halogenated alkanes) is 1. The van der Waals surface area contributed by atoms with Gasteiger partial charge in [0.05, 0.1) is 17.1 Å². The van der Waals surface area contributed by atoms with Crippen molar-refractivity contribution in [3.8, 4) is 11.1 Å². The van der Waals surface area contributed by atoms with Crippen molar-refractivity contribution in [3.63, 3.8) is 0 Å². The number of nitrogens with two attached hydrogens (primary N) is 1. The lowest BCUT2D eigenvalue weighted by Gasteiger charge is -2.07. The molecule has 0 saturated carbocycles. The predicted molar refractivity (Wildman–Crippen MR) is 95.0 cm³/mol. The van der Waals surface area contributed by atoms with E-state index in [9.17, 15) is 18.0 Å². The minimum absolute atomic E-state index is 0.0198. The molecule has 0 aromatic heterocycles. The van der Waals surface area contributed by atoms with Gasteiger partial charge in [-0.1, -0.05) is 24.3 Å². The van der Waals surface area contributed by atoms with E-state index in [1.165, 1.54) is 24.3 Å². The lowest BCUT2D eigenvalue weighted by molar-refractivity contribution is -0.118. The van der Waals surface area contributed by atoms with E-state index in [1.54, 1.807) is 24.3 Å². The van der Waals surface area contributed by atoms with Gasteiger partial charge in [-0.2, -0.15) is 8.42 Å². The highest BCUT2D eigenvalue weighted by Crippen LogP contribution is 2.23. The second-order valence-electron chi connectivity index (χ2n) is 5.61. The molecule has 0 heterocycles. The molecule has 0 fully saturated rings. The largest absolute Gasteiger partial charge is 0.478 e. The molecule has 138 valence electrons. The summed E-state index contributed by atoms with van der Waals surface area (Å²) in [5.41, 5.74) is 6.71. The van der Waals surface area contributed by atoms with Crippen LogP contribution in [0.5, 0.6) is 0 Å². The highest BCUT2D eigenvalue weighted by Gasteiger charge is 2.15. The van der Waals surface area contributed by atoms with Crippen LogP contribution < -0.4 is 5.73 Å². The molecular weight excluding hydrogens is 358 g/mol. The molecule has 0 unspecified atom stereocenters. The van der Waals surface area contributed by atoms with Gasteiger partial charge in [0.2, 0.25) is 5.91 Å². The van der Waals surface area contributed by atoms with Gasteiger partial charge in [0.15, 0.2) is 0 Å². The summed E-state index contributed by atoms with van der Waals surface area (Å²) in [6, 6.07) is 12.4. The number of carbonyl (C=O) groups excluding carboxylic acids is 1. The zero-order valence-electron chi connectivity index (χ0n) is 13.9. The van der Waals surface area contributed by atoms with Gasteiger partial charge in [-0.05, 0) is 48.2 Å². The molecule has 8 heteroatoms. The Morgan fingerprint density at radius 3 is 1.96 bits per heavy atom. The fourth-order valence-electron chi connectivity index (χ4n) is 2.26. The summed E-state index contributed by atoms with van der Waals surface area (Å²) in [7, 11) is -3.87. The summed E-state index contributed by atoms with van der Waals surface area (Å²) in [6.45, 7) is -0.0198. The van der Waals surface area contributed by atoms with E-state index in [2.05, 4.69) is 0 Å². The van der Waals surface area contributed by atoms with Crippen LogP contribution in [0.4, 0.5) is 0 Å². The molecule has 0 aliphatic heterocycles. The standard InChI is InChI=1S/C18H19NO6S/c19-17(20)3-1-2-12-25-26(23,24)16-10-8-14(9-11-16)13-4-6-15(7-5-13)18(21)22/h4-11H,1-3,12H2,(H2,19,20)(H,21,22). The Hall–Kier alpha value is -2.71. The van der Waals surface area contributed by atoms with Gasteiger partial charge in [0, 0.05) is 6.42 Å². The Kier molecular flexibility index (Phi) is 6.48. The van der Waals surface area contributed by atoms with Crippen LogP contribution in [0.1, 0.15) is 29.6 Å². The zero-order chi connectivity index (χ0) is 19.2. The van der Waals surface area contributed by atoms with Crippen molar-refractivity contribution >= 4 is 22.0 Å². The third-order valence-corrected chi connectivity index (χ3v) is 4.99. The highest BCUT2D eigenvalue weighted by molar-refractivity contribution is 7.86. The van der Waals surface area contributed by atoms with Crippen molar-refractivity contribution in [2.45, 2.75) is 24.2 Å². The number of carboxylic acid groups (broad SMARTS) is 1. The van der Waals surface area contributed by atoms with E-state index in [4.69, 9.17) is 15.0 Å². The number of amides is 1. The molecule has 0 atom stereocenters. The van der Waals surface area contributed by atoms with Gasteiger partial charge in [0.25, 0.3) is 10.1 Å². The summed E-state index contributed by atoms with van der Waals surface area (Å²) in [4.78, 5) is 21.5. The van der Waals surface area contributed by atoms with Gasteiger partial charge in [0.1, 0.15) is 0 Å². The number of rotatable bonds is 9. The van der Waals surface area contributed by atoms with E-state index in [0.717, 1.165) is 11.1 Å². The maximum absolute atomic E-state index is 12.1. The number of carboxylic acids is 1. The number of hydrogen-bond donors (Lipinski definition) is 2. The van der Waals surface area contributed by atoms with Gasteiger partial charge in [-0.15, -0.1) is 0 Å². The van der Waals surface area contributed by atoms with Gasteiger partial charge in [-0.3, -0.25) is 8.98 Å². The Labute approximate surface area is 151 Å². The van der Waals surface area contributed by atoms with E-state index in [1.807, 2.05) is 0 Å². The van der Waals surface area contributed by atoms with E-state index in [0.29, 0.717) is 12.8 Å². The highest BCUT2D eigenvalue weighted by atomic mass is 32.2. The Balaban J connectivity index is 2.01. The molecule has 0 radical (unpaired) electrons. The lowest BCUT2D eigenvalue weighted by atomic mass is 10.0. The number of aromatic carboxylic acids is 1. The summed E-state index contributed by atoms with van der Waals surface area (Å²) in [5, 5.41) is 8.90. The monoisotopic (exact) mass is 377 g/mol. The third-order valence-electron chi connectivity index (χ3n) is 3.66. The normalized spacial score (nSPS) is 11.2. The maximum Gasteiger partial charge on any atom is 0.335 e. The summed E-state index contributed by atoms with van der Waals surface area (Å²) in [6.07, 6.45) is 1.07. The number of primary amides is 1. The van der Waals surface area contributed by atoms with Crippen LogP contribution in [0.2, 0.25) is 0 Å². The number of carbonyl (C=O) groups is 2. The van der Waals surface area contributed by atoms with Crippen molar-refractivity contribution in [2.24, 2.45) is 5.73 Å². The summed E-state index contributed by atoms with van der Waals surface area (Å²) in [5.74, 6) is -1.44. The van der Waals surface area contributed by atoms with Gasteiger partial charge in [-0.25, -0.2) is 4.79 Å². The molecule has 0 aliphatic carbocycles. The molecule has 7 nitrogen and oxygen atoms in total. The zero-order valence-corrected chi connectivity index (χ0v) is 14.7. The molecule has 3 N–H and O–H groups in total. The smallest absolute Gasteiger partial charge is 0.335 e. The first-order chi connectivity index (χ1) is 12.3. The molecule has 0 bridgehead atoms. The fraction of sp³-hybridized carbons (Fsp3) is 0.222. The van der Waals surface area contributed by atoms with Crippen LogP contribution >= 0.6 is 0 Å². The lowest BCUT2D eigenvalue weighted by Crippen LogP contribution is -2.11. The molecule has 0 aliphatic rings. The first-order valence-electron chi connectivity index (χ1n) is 7.91. The van der Waals surface area contributed by atoms with Crippen LogP contribution in [-0.4, -0.2) is 32.0 Å². The quantitative estimate of drug-likeness (QED) is 0.511. The molecule has 2 aromatic rings. The average Bonchev–Trinajstić information content (AvgIpc) is 2.61. The van der Waals surface area contributed by atoms with Crippen LogP contribution in [0.3, 0.4) is 0 Å². The van der Waals surface area contributed by atoms with Gasteiger partial charge >= 0.3 is 5.97 Å². The van der Waals surface area contributed by atoms with Crippen LogP contribution in [0, 0.1) is 0 Å². The maximum atomic E-state index is 12.1. The topological polar surface area (TPSA) is 124 Å². The van der Waals surface area contributed by atoms with Crippen molar-refractivity contribution in [1.82, 2.24) is 0 Å². The van der Waals surface area contributed by atoms with Gasteiger partial charge < -0.3 is 10.8 Å².